The van der Waals surface area contributed by atoms with Crippen molar-refractivity contribution in [3.63, 3.8) is 0 Å². The second-order valence-corrected chi connectivity index (χ2v) is 6.10. The van der Waals surface area contributed by atoms with Gasteiger partial charge in [-0.25, -0.2) is 9.97 Å². The standard InChI is InChI=1S/C17H18N4O2/c22-16(21-8-3-17(4-9-21)5-10-23-17)14-11-19-15(20-12-14)13-1-6-18-7-2-13/h1-2,6-7,11-12H,3-5,8-10H2. The minimum atomic E-state index is 0.000418. The molecule has 2 aliphatic heterocycles. The summed E-state index contributed by atoms with van der Waals surface area (Å²) in [4.78, 5) is 27.0. The van der Waals surface area contributed by atoms with E-state index in [1.54, 1.807) is 24.8 Å². The van der Waals surface area contributed by atoms with Gasteiger partial charge in [0.25, 0.3) is 5.91 Å². The number of pyridine rings is 1. The molecule has 0 aromatic carbocycles. The lowest BCUT2D eigenvalue weighted by Gasteiger charge is -2.47. The van der Waals surface area contributed by atoms with Gasteiger partial charge in [0.2, 0.25) is 0 Å². The summed E-state index contributed by atoms with van der Waals surface area (Å²) in [6, 6.07) is 3.69. The van der Waals surface area contributed by atoms with Crippen molar-refractivity contribution in [3.05, 3.63) is 42.5 Å². The largest absolute Gasteiger partial charge is 0.375 e. The van der Waals surface area contributed by atoms with Crippen molar-refractivity contribution in [2.45, 2.75) is 24.9 Å². The third-order valence-corrected chi connectivity index (χ3v) is 4.77. The van der Waals surface area contributed by atoms with Gasteiger partial charge >= 0.3 is 0 Å². The maximum absolute atomic E-state index is 12.6. The topological polar surface area (TPSA) is 68.2 Å². The van der Waals surface area contributed by atoms with Crippen LogP contribution in [0, 0.1) is 0 Å². The number of carbonyl (C=O) groups excluding carboxylic acids is 1. The molecule has 0 unspecified atom stereocenters. The number of hydrogen-bond acceptors (Lipinski definition) is 5. The van der Waals surface area contributed by atoms with Crippen LogP contribution >= 0.6 is 0 Å². The van der Waals surface area contributed by atoms with Crippen LogP contribution in [0.25, 0.3) is 11.4 Å². The Hall–Kier alpha value is -2.34. The van der Waals surface area contributed by atoms with Crippen LogP contribution in [0.3, 0.4) is 0 Å². The highest BCUT2D eigenvalue weighted by molar-refractivity contribution is 5.93. The molecule has 23 heavy (non-hydrogen) atoms. The van der Waals surface area contributed by atoms with Crippen LogP contribution in [-0.2, 0) is 4.74 Å². The molecule has 0 atom stereocenters. The van der Waals surface area contributed by atoms with E-state index in [9.17, 15) is 4.79 Å². The first-order valence-electron chi connectivity index (χ1n) is 7.92. The van der Waals surface area contributed by atoms with E-state index in [1.807, 2.05) is 17.0 Å². The van der Waals surface area contributed by atoms with Gasteiger partial charge in [0.05, 0.1) is 17.8 Å². The lowest BCUT2D eigenvalue weighted by Crippen LogP contribution is -2.53. The zero-order valence-electron chi connectivity index (χ0n) is 12.8. The zero-order valence-corrected chi connectivity index (χ0v) is 12.8. The van der Waals surface area contributed by atoms with Crippen LogP contribution in [0.5, 0.6) is 0 Å². The van der Waals surface area contributed by atoms with Crippen molar-refractivity contribution in [3.8, 4) is 11.4 Å². The quantitative estimate of drug-likeness (QED) is 0.848. The molecule has 2 aromatic heterocycles. The van der Waals surface area contributed by atoms with Gasteiger partial charge in [0.1, 0.15) is 0 Å². The molecule has 1 amide bonds. The van der Waals surface area contributed by atoms with Gasteiger partial charge in [-0.3, -0.25) is 9.78 Å². The molecular formula is C17H18N4O2. The number of nitrogens with zero attached hydrogens (tertiary/aromatic N) is 4. The van der Waals surface area contributed by atoms with Crippen molar-refractivity contribution < 1.29 is 9.53 Å². The Labute approximate surface area is 134 Å². The number of piperidine rings is 1. The third kappa shape index (κ3) is 2.70. The van der Waals surface area contributed by atoms with E-state index in [0.717, 1.165) is 44.5 Å². The highest BCUT2D eigenvalue weighted by atomic mass is 16.5. The number of ether oxygens (including phenoxy) is 1. The smallest absolute Gasteiger partial charge is 0.256 e. The maximum Gasteiger partial charge on any atom is 0.256 e. The van der Waals surface area contributed by atoms with E-state index in [4.69, 9.17) is 4.74 Å². The van der Waals surface area contributed by atoms with E-state index >= 15 is 0 Å². The van der Waals surface area contributed by atoms with E-state index in [-0.39, 0.29) is 11.5 Å². The highest BCUT2D eigenvalue weighted by Gasteiger charge is 2.42. The Morgan fingerprint density at radius 1 is 1.09 bits per heavy atom. The van der Waals surface area contributed by atoms with Gasteiger partial charge in [0.15, 0.2) is 5.82 Å². The Balaban J connectivity index is 1.45. The summed E-state index contributed by atoms with van der Waals surface area (Å²) in [6.07, 6.45) is 9.58. The van der Waals surface area contributed by atoms with Crippen LogP contribution in [-0.4, -0.2) is 51.1 Å². The van der Waals surface area contributed by atoms with Crippen LogP contribution in [0.15, 0.2) is 36.9 Å². The van der Waals surface area contributed by atoms with Gasteiger partial charge in [-0.15, -0.1) is 0 Å². The molecule has 2 saturated heterocycles. The lowest BCUT2D eigenvalue weighted by atomic mass is 9.84. The van der Waals surface area contributed by atoms with Crippen molar-refractivity contribution >= 4 is 5.91 Å². The van der Waals surface area contributed by atoms with Crippen molar-refractivity contribution in [1.29, 1.82) is 0 Å². The minimum Gasteiger partial charge on any atom is -0.375 e. The molecule has 2 aromatic rings. The van der Waals surface area contributed by atoms with Gasteiger partial charge in [-0.05, 0) is 31.4 Å². The monoisotopic (exact) mass is 310 g/mol. The maximum atomic E-state index is 12.6. The summed E-state index contributed by atoms with van der Waals surface area (Å²) in [5.41, 5.74) is 1.48. The molecule has 2 fully saturated rings. The van der Waals surface area contributed by atoms with Gasteiger partial charge in [-0.1, -0.05) is 0 Å². The molecule has 0 saturated carbocycles. The van der Waals surface area contributed by atoms with E-state index in [2.05, 4.69) is 15.0 Å². The first-order chi connectivity index (χ1) is 11.3. The molecule has 118 valence electrons. The molecule has 4 rings (SSSR count). The molecule has 4 heterocycles. The van der Waals surface area contributed by atoms with Crippen molar-refractivity contribution in [2.24, 2.45) is 0 Å². The van der Waals surface area contributed by atoms with Crippen molar-refractivity contribution in [2.75, 3.05) is 19.7 Å². The van der Waals surface area contributed by atoms with Crippen LogP contribution < -0.4 is 0 Å². The molecule has 6 heteroatoms. The Kier molecular flexibility index (Phi) is 3.53. The number of hydrogen-bond donors (Lipinski definition) is 0. The summed E-state index contributed by atoms with van der Waals surface area (Å²) in [6.45, 7) is 2.34. The molecule has 6 nitrogen and oxygen atoms in total. The minimum absolute atomic E-state index is 0.000418. The fourth-order valence-electron chi connectivity index (χ4n) is 3.17. The second kappa shape index (κ2) is 5.70. The van der Waals surface area contributed by atoms with E-state index in [0.29, 0.717) is 11.4 Å². The predicted molar refractivity (Wildman–Crippen MR) is 83.7 cm³/mol. The Bertz CT molecular complexity index is 688. The molecule has 0 N–H and O–H groups in total. The first kappa shape index (κ1) is 14.3. The fraction of sp³-hybridized carbons (Fsp3) is 0.412. The first-order valence-corrected chi connectivity index (χ1v) is 7.92. The third-order valence-electron chi connectivity index (χ3n) is 4.77. The van der Waals surface area contributed by atoms with E-state index in [1.165, 1.54) is 0 Å². The number of likely N-dealkylation sites (tertiary alicyclic amines) is 1. The van der Waals surface area contributed by atoms with Crippen LogP contribution in [0.4, 0.5) is 0 Å². The summed E-state index contributed by atoms with van der Waals surface area (Å²) < 4.78 is 5.69. The Morgan fingerprint density at radius 2 is 1.74 bits per heavy atom. The average molecular weight is 310 g/mol. The molecular weight excluding hydrogens is 292 g/mol. The normalized spacial score (nSPS) is 19.4. The summed E-state index contributed by atoms with van der Waals surface area (Å²) in [7, 11) is 0. The zero-order chi connectivity index (χ0) is 15.7. The predicted octanol–water partition coefficient (Wildman–Crippen LogP) is 1.93. The number of carbonyl (C=O) groups is 1. The average Bonchev–Trinajstić information content (AvgIpc) is 2.61. The highest BCUT2D eigenvalue weighted by Crippen LogP contribution is 2.36. The summed E-state index contributed by atoms with van der Waals surface area (Å²) >= 11 is 0. The molecule has 0 bridgehead atoms. The molecule has 2 aliphatic rings. The van der Waals surface area contributed by atoms with Crippen molar-refractivity contribution in [1.82, 2.24) is 19.9 Å². The number of rotatable bonds is 2. The molecule has 0 aliphatic carbocycles. The van der Waals surface area contributed by atoms with Gasteiger partial charge in [-0.2, -0.15) is 0 Å². The number of amides is 1. The van der Waals surface area contributed by atoms with Gasteiger partial charge < -0.3 is 9.64 Å². The van der Waals surface area contributed by atoms with Crippen LogP contribution in [0.2, 0.25) is 0 Å². The fourth-order valence-corrected chi connectivity index (χ4v) is 3.17. The summed E-state index contributed by atoms with van der Waals surface area (Å²) in [5, 5.41) is 0. The van der Waals surface area contributed by atoms with E-state index < -0.39 is 0 Å². The second-order valence-electron chi connectivity index (χ2n) is 6.10. The molecule has 0 radical (unpaired) electrons. The number of aromatic nitrogens is 3. The Morgan fingerprint density at radius 3 is 2.30 bits per heavy atom. The molecule has 1 spiro atoms. The van der Waals surface area contributed by atoms with Crippen LogP contribution in [0.1, 0.15) is 29.6 Å². The summed E-state index contributed by atoms with van der Waals surface area (Å²) in [5.74, 6) is 0.602. The lowest BCUT2D eigenvalue weighted by molar-refractivity contribution is -0.169. The van der Waals surface area contributed by atoms with Gasteiger partial charge in [0, 0.05) is 43.4 Å². The SMILES string of the molecule is O=C(c1cnc(-c2ccncc2)nc1)N1CCC2(CCO2)CC1.